The first kappa shape index (κ1) is 13.0. The molecule has 4 heteroatoms. The van der Waals surface area contributed by atoms with Gasteiger partial charge in [0.25, 0.3) is 5.91 Å². The molecule has 2 aromatic rings. The highest BCUT2D eigenvalue weighted by Gasteiger charge is 2.34. The van der Waals surface area contributed by atoms with Gasteiger partial charge in [0, 0.05) is 36.2 Å². The summed E-state index contributed by atoms with van der Waals surface area (Å²) in [6, 6.07) is 10.2. The Kier molecular flexibility index (Phi) is 2.68. The summed E-state index contributed by atoms with van der Waals surface area (Å²) < 4.78 is 11.5. The van der Waals surface area contributed by atoms with Crippen molar-refractivity contribution in [2.75, 3.05) is 24.7 Å². The van der Waals surface area contributed by atoms with Crippen LogP contribution in [0, 0.1) is 0 Å². The smallest absolute Gasteiger partial charge is 0.262 e. The Balaban J connectivity index is 1.65. The number of hydrogen-bond acceptors (Lipinski definition) is 3. The molecule has 0 saturated heterocycles. The minimum absolute atomic E-state index is 0.0513. The van der Waals surface area contributed by atoms with E-state index in [4.69, 9.17) is 9.47 Å². The molecule has 1 amide bonds. The Morgan fingerprint density at radius 1 is 1.00 bits per heavy atom. The van der Waals surface area contributed by atoms with E-state index in [1.54, 1.807) is 0 Å². The molecule has 3 heterocycles. The quantitative estimate of drug-likeness (QED) is 0.813. The van der Waals surface area contributed by atoms with E-state index in [9.17, 15) is 4.79 Å². The van der Waals surface area contributed by atoms with Gasteiger partial charge in [0.05, 0.1) is 18.8 Å². The topological polar surface area (TPSA) is 38.8 Å². The van der Waals surface area contributed by atoms with Crippen molar-refractivity contribution in [1.82, 2.24) is 0 Å². The van der Waals surface area contributed by atoms with Crippen molar-refractivity contribution in [3.63, 3.8) is 0 Å². The molecule has 0 N–H and O–H groups in total. The third-order valence-electron chi connectivity index (χ3n) is 5.00. The standard InChI is InChI=1S/C19H17NO3/c21-19(20-8-5-12-3-1-2-4-15(12)20)17-14-7-10-22-16(14)11-13-6-9-23-18(13)17/h1-4,11H,5-10H2. The predicted octanol–water partition coefficient (Wildman–Crippen LogP) is 2.76. The molecule has 2 aromatic carbocycles. The van der Waals surface area contributed by atoms with Gasteiger partial charge in [-0.1, -0.05) is 18.2 Å². The van der Waals surface area contributed by atoms with Crippen molar-refractivity contribution in [3.8, 4) is 11.5 Å². The molecule has 0 unspecified atom stereocenters. The van der Waals surface area contributed by atoms with Crippen LogP contribution in [0.5, 0.6) is 11.5 Å². The maximum Gasteiger partial charge on any atom is 0.262 e. The van der Waals surface area contributed by atoms with Crippen LogP contribution in [-0.4, -0.2) is 25.7 Å². The molecule has 0 aliphatic carbocycles. The van der Waals surface area contributed by atoms with Gasteiger partial charge in [-0.05, 0) is 24.1 Å². The fraction of sp³-hybridized carbons (Fsp3) is 0.316. The van der Waals surface area contributed by atoms with Crippen molar-refractivity contribution in [1.29, 1.82) is 0 Å². The van der Waals surface area contributed by atoms with Crippen LogP contribution in [-0.2, 0) is 19.3 Å². The Labute approximate surface area is 134 Å². The van der Waals surface area contributed by atoms with E-state index in [0.717, 1.165) is 59.7 Å². The van der Waals surface area contributed by atoms with E-state index in [1.807, 2.05) is 23.1 Å². The molecule has 116 valence electrons. The van der Waals surface area contributed by atoms with Crippen LogP contribution in [0.15, 0.2) is 30.3 Å². The number of anilines is 1. The molecule has 5 rings (SSSR count). The van der Waals surface area contributed by atoms with Gasteiger partial charge in [0.2, 0.25) is 0 Å². The summed E-state index contributed by atoms with van der Waals surface area (Å²) in [5.74, 6) is 1.70. The molecule has 0 aromatic heterocycles. The summed E-state index contributed by atoms with van der Waals surface area (Å²) in [5, 5.41) is 0. The lowest BCUT2D eigenvalue weighted by Crippen LogP contribution is -2.30. The highest BCUT2D eigenvalue weighted by Crippen LogP contribution is 2.42. The van der Waals surface area contributed by atoms with E-state index in [0.29, 0.717) is 13.2 Å². The second-order valence-electron chi connectivity index (χ2n) is 6.25. The number of amides is 1. The first-order valence-electron chi connectivity index (χ1n) is 8.17. The Bertz CT molecular complexity index is 795. The maximum absolute atomic E-state index is 13.3. The zero-order chi connectivity index (χ0) is 15.4. The average molecular weight is 307 g/mol. The Hall–Kier alpha value is -2.49. The lowest BCUT2D eigenvalue weighted by atomic mass is 9.98. The van der Waals surface area contributed by atoms with Crippen molar-refractivity contribution in [3.05, 3.63) is 52.6 Å². The SMILES string of the molecule is O=C(c1c2c(cc3c1OCC3)OCC2)N1CCc2ccccc21. The molecule has 4 nitrogen and oxygen atoms in total. The lowest BCUT2D eigenvalue weighted by Gasteiger charge is -2.20. The van der Waals surface area contributed by atoms with Gasteiger partial charge in [-0.15, -0.1) is 0 Å². The fourth-order valence-electron chi connectivity index (χ4n) is 3.90. The molecule has 0 radical (unpaired) electrons. The Morgan fingerprint density at radius 3 is 2.83 bits per heavy atom. The molecule has 0 saturated carbocycles. The van der Waals surface area contributed by atoms with E-state index in [2.05, 4.69) is 12.1 Å². The summed E-state index contributed by atoms with van der Waals surface area (Å²) in [6.45, 7) is 2.03. The lowest BCUT2D eigenvalue weighted by molar-refractivity contribution is 0.0985. The first-order chi connectivity index (χ1) is 11.3. The average Bonchev–Trinajstić information content (AvgIpc) is 3.30. The molecule has 3 aliphatic heterocycles. The van der Waals surface area contributed by atoms with E-state index in [1.165, 1.54) is 5.56 Å². The monoisotopic (exact) mass is 307 g/mol. The van der Waals surface area contributed by atoms with E-state index >= 15 is 0 Å². The fourth-order valence-corrected chi connectivity index (χ4v) is 3.90. The van der Waals surface area contributed by atoms with Crippen LogP contribution in [0.1, 0.15) is 27.0 Å². The molecule has 0 bridgehead atoms. The number of rotatable bonds is 1. The number of ether oxygens (including phenoxy) is 2. The van der Waals surface area contributed by atoms with Gasteiger partial charge >= 0.3 is 0 Å². The number of fused-ring (bicyclic) bond motifs is 3. The third kappa shape index (κ3) is 1.81. The van der Waals surface area contributed by atoms with Crippen LogP contribution in [0.2, 0.25) is 0 Å². The van der Waals surface area contributed by atoms with Crippen molar-refractivity contribution in [2.24, 2.45) is 0 Å². The summed E-state index contributed by atoms with van der Waals surface area (Å²) in [5.41, 5.74) is 5.11. The molecule has 0 fully saturated rings. The number of hydrogen-bond donors (Lipinski definition) is 0. The van der Waals surface area contributed by atoms with Crippen molar-refractivity contribution >= 4 is 11.6 Å². The molecular weight excluding hydrogens is 290 g/mol. The van der Waals surface area contributed by atoms with Crippen LogP contribution in [0.3, 0.4) is 0 Å². The second-order valence-corrected chi connectivity index (χ2v) is 6.25. The Morgan fingerprint density at radius 2 is 1.87 bits per heavy atom. The van der Waals surface area contributed by atoms with E-state index < -0.39 is 0 Å². The largest absolute Gasteiger partial charge is 0.493 e. The molecule has 3 aliphatic rings. The minimum atomic E-state index is 0.0513. The van der Waals surface area contributed by atoms with Gasteiger partial charge in [0.1, 0.15) is 11.5 Å². The number of benzene rings is 2. The van der Waals surface area contributed by atoms with Crippen molar-refractivity contribution < 1.29 is 14.3 Å². The molecular formula is C19H17NO3. The zero-order valence-corrected chi connectivity index (χ0v) is 12.8. The number of carbonyl (C=O) groups is 1. The van der Waals surface area contributed by atoms with Crippen LogP contribution in [0.4, 0.5) is 5.69 Å². The number of carbonyl (C=O) groups excluding carboxylic acids is 1. The third-order valence-corrected chi connectivity index (χ3v) is 5.00. The summed E-state index contributed by atoms with van der Waals surface area (Å²) in [4.78, 5) is 15.2. The van der Waals surface area contributed by atoms with Crippen molar-refractivity contribution in [2.45, 2.75) is 19.3 Å². The van der Waals surface area contributed by atoms with Crippen LogP contribution in [0.25, 0.3) is 0 Å². The van der Waals surface area contributed by atoms with Gasteiger partial charge in [-0.2, -0.15) is 0 Å². The zero-order valence-electron chi connectivity index (χ0n) is 12.8. The van der Waals surface area contributed by atoms with Gasteiger partial charge in [-0.25, -0.2) is 0 Å². The number of para-hydroxylation sites is 1. The number of nitrogens with zero attached hydrogens (tertiary/aromatic N) is 1. The summed E-state index contributed by atoms with van der Waals surface area (Å²) in [7, 11) is 0. The highest BCUT2D eigenvalue weighted by molar-refractivity contribution is 6.10. The van der Waals surface area contributed by atoms with Crippen LogP contribution < -0.4 is 14.4 Å². The first-order valence-corrected chi connectivity index (χ1v) is 8.17. The summed E-state index contributed by atoms with van der Waals surface area (Å²) >= 11 is 0. The normalized spacial score (nSPS) is 17.3. The van der Waals surface area contributed by atoms with Crippen LogP contribution >= 0.6 is 0 Å². The van der Waals surface area contributed by atoms with E-state index in [-0.39, 0.29) is 5.91 Å². The molecule has 0 spiro atoms. The summed E-state index contributed by atoms with van der Waals surface area (Å²) in [6.07, 6.45) is 2.54. The van der Waals surface area contributed by atoms with Gasteiger partial charge < -0.3 is 14.4 Å². The predicted molar refractivity (Wildman–Crippen MR) is 86.7 cm³/mol. The molecule has 0 atom stereocenters. The maximum atomic E-state index is 13.3. The second kappa shape index (κ2) is 4.75. The highest BCUT2D eigenvalue weighted by atomic mass is 16.5. The molecule has 23 heavy (non-hydrogen) atoms. The van der Waals surface area contributed by atoms with Gasteiger partial charge in [0.15, 0.2) is 0 Å². The van der Waals surface area contributed by atoms with Gasteiger partial charge in [-0.3, -0.25) is 4.79 Å². The minimum Gasteiger partial charge on any atom is -0.493 e.